The zero-order valence-corrected chi connectivity index (χ0v) is 19.8. The molecule has 4 rings (SSSR count). The van der Waals surface area contributed by atoms with Gasteiger partial charge >= 0.3 is 6.09 Å². The van der Waals surface area contributed by atoms with Crippen molar-refractivity contribution in [2.24, 2.45) is 0 Å². The van der Waals surface area contributed by atoms with E-state index in [1.165, 1.54) is 17.0 Å². The number of aliphatic hydroxyl groups excluding tert-OH is 1. The zero-order chi connectivity index (χ0) is 24.1. The Labute approximate surface area is 200 Å². The van der Waals surface area contributed by atoms with Crippen LogP contribution in [0.15, 0.2) is 65.6 Å². The van der Waals surface area contributed by atoms with E-state index in [4.69, 9.17) is 4.74 Å². The van der Waals surface area contributed by atoms with Crippen LogP contribution in [0.5, 0.6) is 0 Å². The predicted octanol–water partition coefficient (Wildman–Crippen LogP) is 2.61. The molecule has 2 aliphatic heterocycles. The molecule has 2 fully saturated rings. The normalized spacial score (nSPS) is 21.4. The number of hydrogen-bond donors (Lipinski definition) is 1. The summed E-state index contributed by atoms with van der Waals surface area (Å²) >= 11 is 0. The molecule has 0 aromatic heterocycles. The molecule has 2 saturated heterocycles. The predicted molar refractivity (Wildman–Crippen MR) is 126 cm³/mol. The van der Waals surface area contributed by atoms with Gasteiger partial charge in [0.2, 0.25) is 5.91 Å². The van der Waals surface area contributed by atoms with Gasteiger partial charge in [-0.3, -0.25) is 9.69 Å². The third kappa shape index (κ3) is 5.42. The summed E-state index contributed by atoms with van der Waals surface area (Å²) in [6.45, 7) is 0.975. The van der Waals surface area contributed by atoms with Crippen molar-refractivity contribution in [2.75, 3.05) is 18.8 Å². The van der Waals surface area contributed by atoms with E-state index in [0.717, 1.165) is 5.56 Å². The number of benzene rings is 2. The van der Waals surface area contributed by atoms with Crippen LogP contribution in [-0.4, -0.2) is 72.4 Å². The average molecular weight is 487 g/mol. The van der Waals surface area contributed by atoms with Crippen LogP contribution in [-0.2, 0) is 26.0 Å². The summed E-state index contributed by atoms with van der Waals surface area (Å²) in [6, 6.07) is 16.1. The van der Waals surface area contributed by atoms with Crippen LogP contribution in [0.4, 0.5) is 4.79 Å². The molecule has 1 N–H and O–H groups in total. The summed E-state index contributed by atoms with van der Waals surface area (Å²) in [7, 11) is -3.70. The van der Waals surface area contributed by atoms with Crippen LogP contribution < -0.4 is 0 Å². The molecule has 2 amide bonds. The number of carbonyl (C=O) groups is 2. The Balaban J connectivity index is 1.40. The number of amides is 2. The second-order valence-corrected chi connectivity index (χ2v) is 10.8. The Morgan fingerprint density at radius 2 is 1.56 bits per heavy atom. The number of ether oxygens (including phenoxy) is 1. The van der Waals surface area contributed by atoms with Crippen molar-refractivity contribution < 1.29 is 27.9 Å². The number of rotatable bonds is 7. The van der Waals surface area contributed by atoms with Crippen molar-refractivity contribution in [2.45, 2.75) is 55.4 Å². The van der Waals surface area contributed by atoms with Gasteiger partial charge in [-0.1, -0.05) is 48.5 Å². The number of likely N-dealkylation sites (tertiary alicyclic amines) is 2. The minimum absolute atomic E-state index is 0.124. The quantitative estimate of drug-likeness (QED) is 0.645. The van der Waals surface area contributed by atoms with Crippen LogP contribution in [0.3, 0.4) is 0 Å². The minimum Gasteiger partial charge on any atom is -0.445 e. The summed E-state index contributed by atoms with van der Waals surface area (Å²) in [6.07, 6.45) is 0.632. The molecule has 34 heavy (non-hydrogen) atoms. The molecular formula is C25H30N2O6S. The van der Waals surface area contributed by atoms with Gasteiger partial charge < -0.3 is 14.7 Å². The van der Waals surface area contributed by atoms with Crippen LogP contribution >= 0.6 is 0 Å². The van der Waals surface area contributed by atoms with Crippen LogP contribution in [0, 0.1) is 0 Å². The number of sulfone groups is 1. The first-order valence-corrected chi connectivity index (χ1v) is 13.3. The monoisotopic (exact) mass is 486 g/mol. The number of hydrogen-bond acceptors (Lipinski definition) is 6. The van der Waals surface area contributed by atoms with Crippen molar-refractivity contribution in [3.05, 3.63) is 66.2 Å². The van der Waals surface area contributed by atoms with Gasteiger partial charge in [0.05, 0.1) is 22.8 Å². The molecule has 1 unspecified atom stereocenters. The molecule has 2 heterocycles. The second kappa shape index (κ2) is 10.6. The fourth-order valence-corrected chi connectivity index (χ4v) is 6.20. The first-order valence-electron chi connectivity index (χ1n) is 11.6. The van der Waals surface area contributed by atoms with Gasteiger partial charge in [0, 0.05) is 13.1 Å². The van der Waals surface area contributed by atoms with Crippen molar-refractivity contribution in [3.63, 3.8) is 0 Å². The lowest BCUT2D eigenvalue weighted by Crippen LogP contribution is -2.52. The SMILES string of the molecule is O=C(OCc1ccccc1)N1CCC[C@H]1C(=O)N1CCC[C@H]1C(O)CS(=O)(=O)c1ccccc1. The summed E-state index contributed by atoms with van der Waals surface area (Å²) in [4.78, 5) is 29.3. The van der Waals surface area contributed by atoms with Gasteiger partial charge in [-0.05, 0) is 43.4 Å². The molecule has 9 heteroatoms. The van der Waals surface area contributed by atoms with E-state index in [9.17, 15) is 23.1 Å². The summed E-state index contributed by atoms with van der Waals surface area (Å²) in [5, 5.41) is 10.8. The lowest BCUT2D eigenvalue weighted by Gasteiger charge is -2.33. The fraction of sp³-hybridized carbons (Fsp3) is 0.440. The number of nitrogens with zero attached hydrogens (tertiary/aromatic N) is 2. The molecule has 2 aromatic carbocycles. The van der Waals surface area contributed by atoms with Gasteiger partial charge in [-0.2, -0.15) is 0 Å². The molecule has 0 spiro atoms. The van der Waals surface area contributed by atoms with Gasteiger partial charge in [-0.25, -0.2) is 13.2 Å². The van der Waals surface area contributed by atoms with E-state index in [1.807, 2.05) is 30.3 Å². The largest absolute Gasteiger partial charge is 0.445 e. The topological polar surface area (TPSA) is 104 Å². The average Bonchev–Trinajstić information content (AvgIpc) is 3.53. The minimum atomic E-state index is -3.70. The van der Waals surface area contributed by atoms with Gasteiger partial charge in [0.1, 0.15) is 12.6 Å². The lowest BCUT2D eigenvalue weighted by atomic mass is 10.1. The molecule has 0 bridgehead atoms. The molecule has 182 valence electrons. The highest BCUT2D eigenvalue weighted by Crippen LogP contribution is 2.28. The summed E-state index contributed by atoms with van der Waals surface area (Å²) in [5.74, 6) is -0.716. The standard InChI is InChI=1S/C25H30N2O6S/c28-23(18-34(31,32)20-11-5-2-6-12-20)21-13-7-15-26(21)24(29)22-14-8-16-27(22)25(30)33-17-19-9-3-1-4-10-19/h1-6,9-12,21-23,28H,7-8,13-18H2/t21-,22-,23?/m0/s1. The highest BCUT2D eigenvalue weighted by Gasteiger charge is 2.43. The smallest absolute Gasteiger partial charge is 0.410 e. The fourth-order valence-electron chi connectivity index (χ4n) is 4.76. The van der Waals surface area contributed by atoms with E-state index >= 15 is 0 Å². The van der Waals surface area contributed by atoms with Crippen molar-refractivity contribution in [3.8, 4) is 0 Å². The highest BCUT2D eigenvalue weighted by atomic mass is 32.2. The third-order valence-electron chi connectivity index (χ3n) is 6.50. The molecule has 8 nitrogen and oxygen atoms in total. The first kappa shape index (κ1) is 24.2. The van der Waals surface area contributed by atoms with Crippen LogP contribution in [0.1, 0.15) is 31.2 Å². The Kier molecular flexibility index (Phi) is 7.53. The number of aliphatic hydroxyl groups is 1. The van der Waals surface area contributed by atoms with E-state index < -0.39 is 39.9 Å². The van der Waals surface area contributed by atoms with Gasteiger partial charge in [0.15, 0.2) is 9.84 Å². The first-order chi connectivity index (χ1) is 16.4. The van der Waals surface area contributed by atoms with Crippen molar-refractivity contribution >= 4 is 21.8 Å². The maximum atomic E-state index is 13.4. The molecule has 2 aliphatic rings. The molecule has 3 atom stereocenters. The van der Waals surface area contributed by atoms with Crippen molar-refractivity contribution in [1.82, 2.24) is 9.80 Å². The Morgan fingerprint density at radius 1 is 0.941 bits per heavy atom. The summed E-state index contributed by atoms with van der Waals surface area (Å²) in [5.41, 5.74) is 0.861. The van der Waals surface area contributed by atoms with Gasteiger partial charge in [-0.15, -0.1) is 0 Å². The third-order valence-corrected chi connectivity index (χ3v) is 8.27. The van der Waals surface area contributed by atoms with Gasteiger partial charge in [0.25, 0.3) is 0 Å². The van der Waals surface area contributed by atoms with E-state index in [2.05, 4.69) is 0 Å². The van der Waals surface area contributed by atoms with Crippen molar-refractivity contribution in [1.29, 1.82) is 0 Å². The van der Waals surface area contributed by atoms with E-state index in [1.54, 1.807) is 23.1 Å². The van der Waals surface area contributed by atoms with E-state index in [-0.39, 0.29) is 17.4 Å². The van der Waals surface area contributed by atoms with E-state index in [0.29, 0.717) is 38.8 Å². The Morgan fingerprint density at radius 3 is 2.26 bits per heavy atom. The molecule has 2 aromatic rings. The zero-order valence-electron chi connectivity index (χ0n) is 19.0. The lowest BCUT2D eigenvalue weighted by molar-refractivity contribution is -0.138. The summed E-state index contributed by atoms with van der Waals surface area (Å²) < 4.78 is 30.9. The Hall–Kier alpha value is -2.91. The number of carbonyl (C=O) groups excluding carboxylic acids is 2. The van der Waals surface area contributed by atoms with Crippen LogP contribution in [0.25, 0.3) is 0 Å². The molecular weight excluding hydrogens is 456 g/mol. The molecule has 0 radical (unpaired) electrons. The molecule has 0 aliphatic carbocycles. The molecule has 0 saturated carbocycles. The van der Waals surface area contributed by atoms with Crippen LogP contribution in [0.2, 0.25) is 0 Å². The Bertz CT molecular complexity index is 1090. The maximum Gasteiger partial charge on any atom is 0.410 e. The maximum absolute atomic E-state index is 13.4. The highest BCUT2D eigenvalue weighted by molar-refractivity contribution is 7.91. The second-order valence-electron chi connectivity index (χ2n) is 8.79.